The lowest BCUT2D eigenvalue weighted by atomic mass is 9.89. The Morgan fingerprint density at radius 1 is 1.15 bits per heavy atom. The summed E-state index contributed by atoms with van der Waals surface area (Å²) in [6, 6.07) is 11.7. The minimum atomic E-state index is -0.726. The van der Waals surface area contributed by atoms with Crippen LogP contribution in [-0.4, -0.2) is 40.9 Å². The van der Waals surface area contributed by atoms with Crippen LogP contribution in [0.4, 0.5) is 5.69 Å². The minimum Gasteiger partial charge on any atom is -0.388 e. The Bertz CT molecular complexity index is 939. The van der Waals surface area contributed by atoms with Crippen molar-refractivity contribution < 1.29 is 14.6 Å². The van der Waals surface area contributed by atoms with Gasteiger partial charge in [0.1, 0.15) is 12.2 Å². The van der Waals surface area contributed by atoms with E-state index < -0.39 is 12.2 Å². The fraction of sp³-hybridized carbons (Fsp3) is 0.381. The summed E-state index contributed by atoms with van der Waals surface area (Å²) in [5.74, 6) is 0. The van der Waals surface area contributed by atoms with Crippen LogP contribution in [-0.2, 0) is 9.47 Å². The minimum absolute atomic E-state index is 0.283. The summed E-state index contributed by atoms with van der Waals surface area (Å²) in [5, 5.41) is 14.6. The molecule has 2 aromatic heterocycles. The van der Waals surface area contributed by atoms with Crippen molar-refractivity contribution in [2.24, 2.45) is 0 Å². The quantitative estimate of drug-likeness (QED) is 0.678. The van der Waals surface area contributed by atoms with Crippen molar-refractivity contribution in [1.82, 2.24) is 9.38 Å². The molecule has 142 valence electrons. The predicted octanol–water partition coefficient (Wildman–Crippen LogP) is 3.18. The SMILES string of the molecule is COCCO[C@H]1c2ccn3c(C)c(C)nc3c2N[C@H](c2ccccc2)[C@@H]1O. The lowest BCUT2D eigenvalue weighted by Gasteiger charge is -2.38. The number of aliphatic hydroxyl groups is 1. The maximum atomic E-state index is 11.1. The molecule has 6 nitrogen and oxygen atoms in total. The van der Waals surface area contributed by atoms with Gasteiger partial charge >= 0.3 is 0 Å². The Hall–Kier alpha value is -2.41. The first-order chi connectivity index (χ1) is 13.1. The van der Waals surface area contributed by atoms with Crippen LogP contribution in [0, 0.1) is 13.8 Å². The van der Waals surface area contributed by atoms with Crippen molar-refractivity contribution in [3.8, 4) is 0 Å². The van der Waals surface area contributed by atoms with Gasteiger partial charge < -0.3 is 24.3 Å². The second-order valence-corrected chi connectivity index (χ2v) is 6.93. The largest absolute Gasteiger partial charge is 0.388 e. The molecule has 0 saturated carbocycles. The molecule has 0 bridgehead atoms. The predicted molar refractivity (Wildman–Crippen MR) is 104 cm³/mol. The van der Waals surface area contributed by atoms with E-state index in [4.69, 9.17) is 14.5 Å². The van der Waals surface area contributed by atoms with Crippen molar-refractivity contribution in [2.45, 2.75) is 32.1 Å². The summed E-state index contributed by atoms with van der Waals surface area (Å²) >= 11 is 0. The molecule has 3 heterocycles. The zero-order chi connectivity index (χ0) is 19.0. The maximum absolute atomic E-state index is 11.1. The van der Waals surface area contributed by atoms with Gasteiger partial charge in [0.2, 0.25) is 0 Å². The topological polar surface area (TPSA) is 68.0 Å². The summed E-state index contributed by atoms with van der Waals surface area (Å²) in [7, 11) is 1.64. The smallest absolute Gasteiger partial charge is 0.161 e. The number of hydrogen-bond donors (Lipinski definition) is 2. The van der Waals surface area contributed by atoms with Crippen LogP contribution in [0.2, 0.25) is 0 Å². The zero-order valence-corrected chi connectivity index (χ0v) is 15.8. The molecule has 0 fully saturated rings. The van der Waals surface area contributed by atoms with Crippen molar-refractivity contribution in [1.29, 1.82) is 0 Å². The van der Waals surface area contributed by atoms with Crippen LogP contribution in [0.5, 0.6) is 0 Å². The van der Waals surface area contributed by atoms with Gasteiger partial charge in [-0.1, -0.05) is 30.3 Å². The summed E-state index contributed by atoms with van der Waals surface area (Å²) in [4.78, 5) is 4.75. The van der Waals surface area contributed by atoms with Crippen LogP contribution < -0.4 is 5.32 Å². The fourth-order valence-corrected chi connectivity index (χ4v) is 3.73. The molecule has 1 aromatic carbocycles. The molecule has 3 aromatic rings. The number of aryl methyl sites for hydroxylation is 2. The summed E-state index contributed by atoms with van der Waals surface area (Å²) in [5.41, 5.74) is 5.80. The Kier molecular flexibility index (Phi) is 4.86. The van der Waals surface area contributed by atoms with Gasteiger partial charge in [-0.15, -0.1) is 0 Å². The normalized spacial score (nSPS) is 21.9. The van der Waals surface area contributed by atoms with Crippen molar-refractivity contribution in [3.05, 3.63) is 65.1 Å². The number of anilines is 1. The standard InChI is InChI=1S/C21H25N3O3/c1-13-14(2)24-10-9-16-18(21(24)22-13)23-17(15-7-5-4-6-8-15)19(25)20(16)27-12-11-26-3/h4-10,17,19-20,23,25H,11-12H2,1-3H3/t17-,19+,20+/m1/s1. The first-order valence-electron chi connectivity index (χ1n) is 9.20. The van der Waals surface area contributed by atoms with E-state index in [1.54, 1.807) is 7.11 Å². The zero-order valence-electron chi connectivity index (χ0n) is 15.8. The van der Waals surface area contributed by atoms with Crippen LogP contribution in [0.25, 0.3) is 5.65 Å². The van der Waals surface area contributed by atoms with Gasteiger partial charge in [-0.05, 0) is 25.5 Å². The van der Waals surface area contributed by atoms with Crippen molar-refractivity contribution >= 4 is 11.3 Å². The van der Waals surface area contributed by atoms with E-state index in [0.29, 0.717) is 13.2 Å². The van der Waals surface area contributed by atoms with Gasteiger partial charge in [0, 0.05) is 24.6 Å². The number of nitrogens with zero attached hydrogens (tertiary/aromatic N) is 2. The number of hydrogen-bond acceptors (Lipinski definition) is 5. The third-order valence-corrected chi connectivity index (χ3v) is 5.30. The molecule has 0 saturated heterocycles. The molecule has 1 aliphatic heterocycles. The molecular weight excluding hydrogens is 342 g/mol. The van der Waals surface area contributed by atoms with Crippen molar-refractivity contribution in [2.75, 3.05) is 25.6 Å². The third kappa shape index (κ3) is 3.10. The lowest BCUT2D eigenvalue weighted by Crippen LogP contribution is -2.38. The Morgan fingerprint density at radius 3 is 2.67 bits per heavy atom. The lowest BCUT2D eigenvalue weighted by molar-refractivity contribution is -0.0633. The molecule has 0 aliphatic carbocycles. The maximum Gasteiger partial charge on any atom is 0.161 e. The second-order valence-electron chi connectivity index (χ2n) is 6.93. The highest BCUT2D eigenvalue weighted by Gasteiger charge is 2.38. The summed E-state index contributed by atoms with van der Waals surface area (Å²) < 4.78 is 13.2. The highest BCUT2D eigenvalue weighted by Crippen LogP contribution is 2.43. The number of rotatable bonds is 5. The summed E-state index contributed by atoms with van der Waals surface area (Å²) in [6.07, 6.45) is 0.813. The van der Waals surface area contributed by atoms with Gasteiger partial charge in [0.25, 0.3) is 0 Å². The molecule has 0 spiro atoms. The van der Waals surface area contributed by atoms with Crippen LogP contribution in [0.1, 0.15) is 34.7 Å². The second kappa shape index (κ2) is 7.31. The Balaban J connectivity index is 1.82. The van der Waals surface area contributed by atoms with E-state index in [2.05, 4.69) is 16.6 Å². The monoisotopic (exact) mass is 367 g/mol. The molecule has 2 N–H and O–H groups in total. The third-order valence-electron chi connectivity index (χ3n) is 5.30. The Morgan fingerprint density at radius 2 is 1.93 bits per heavy atom. The number of benzene rings is 1. The average molecular weight is 367 g/mol. The highest BCUT2D eigenvalue weighted by molar-refractivity contribution is 5.75. The number of aromatic nitrogens is 2. The molecule has 4 rings (SSSR count). The van der Waals surface area contributed by atoms with Crippen molar-refractivity contribution in [3.63, 3.8) is 0 Å². The number of imidazole rings is 1. The van der Waals surface area contributed by atoms with Gasteiger partial charge in [0.05, 0.1) is 30.6 Å². The number of pyridine rings is 1. The highest BCUT2D eigenvalue weighted by atomic mass is 16.5. The van der Waals surface area contributed by atoms with E-state index >= 15 is 0 Å². The molecule has 27 heavy (non-hydrogen) atoms. The number of ether oxygens (including phenoxy) is 2. The van der Waals surface area contributed by atoms with Crippen LogP contribution >= 0.6 is 0 Å². The number of fused-ring (bicyclic) bond motifs is 3. The number of aliphatic hydroxyl groups excluding tert-OH is 1. The van der Waals surface area contributed by atoms with Gasteiger partial charge in [0.15, 0.2) is 5.65 Å². The van der Waals surface area contributed by atoms with Gasteiger partial charge in [-0.25, -0.2) is 4.98 Å². The number of methoxy groups -OCH3 is 1. The molecule has 1 aliphatic rings. The van der Waals surface area contributed by atoms with Crippen LogP contribution in [0.3, 0.4) is 0 Å². The molecule has 0 radical (unpaired) electrons. The average Bonchev–Trinajstić information content (AvgIpc) is 2.98. The molecule has 6 heteroatoms. The van der Waals surface area contributed by atoms with E-state index in [-0.39, 0.29) is 6.04 Å². The molecular formula is C21H25N3O3. The van der Waals surface area contributed by atoms with E-state index in [0.717, 1.165) is 33.8 Å². The molecule has 3 atom stereocenters. The fourth-order valence-electron chi connectivity index (χ4n) is 3.73. The first-order valence-corrected chi connectivity index (χ1v) is 9.20. The van der Waals surface area contributed by atoms with Crippen LogP contribution in [0.15, 0.2) is 42.6 Å². The molecule has 0 unspecified atom stereocenters. The molecule has 0 amide bonds. The van der Waals surface area contributed by atoms with E-state index in [1.165, 1.54) is 0 Å². The van der Waals surface area contributed by atoms with Gasteiger partial charge in [-0.2, -0.15) is 0 Å². The van der Waals surface area contributed by atoms with E-state index in [1.807, 2.05) is 49.5 Å². The Labute approximate surface area is 158 Å². The van der Waals surface area contributed by atoms with Gasteiger partial charge in [-0.3, -0.25) is 0 Å². The first kappa shape index (κ1) is 18.0. The number of nitrogens with one attached hydrogen (secondary N) is 1. The van der Waals surface area contributed by atoms with E-state index in [9.17, 15) is 5.11 Å². The summed E-state index contributed by atoms with van der Waals surface area (Å²) in [6.45, 7) is 4.96.